The first kappa shape index (κ1) is 9.41. The monoisotopic (exact) mass is 216 g/mol. The highest BCUT2D eigenvalue weighted by Gasteiger charge is 2.22. The van der Waals surface area contributed by atoms with Crippen molar-refractivity contribution in [2.45, 2.75) is 37.8 Å². The van der Waals surface area contributed by atoms with Gasteiger partial charge in [-0.2, -0.15) is 16.9 Å². The van der Waals surface area contributed by atoms with Crippen LogP contribution in [-0.4, -0.2) is 9.78 Å². The first-order valence-corrected chi connectivity index (χ1v) is 6.10. The summed E-state index contributed by atoms with van der Waals surface area (Å²) in [6.45, 7) is 4.31. The van der Waals surface area contributed by atoms with E-state index in [2.05, 4.69) is 18.9 Å². The minimum Gasteiger partial charge on any atom is -0.251 e. The number of hydrogen-bond acceptors (Lipinski definition) is 2. The zero-order valence-electron chi connectivity index (χ0n) is 7.88. The molecule has 1 aliphatic rings. The van der Waals surface area contributed by atoms with Crippen molar-refractivity contribution in [2.24, 2.45) is 0 Å². The molecular weight excluding hydrogens is 204 g/mol. The maximum atomic E-state index is 6.23. The summed E-state index contributed by atoms with van der Waals surface area (Å²) in [5.41, 5.74) is 2.45. The first-order chi connectivity index (χ1) is 6.24. The summed E-state index contributed by atoms with van der Waals surface area (Å²) in [5.74, 6) is 2.06. The molecule has 4 heteroatoms. The van der Waals surface area contributed by atoms with Crippen LogP contribution in [0.4, 0.5) is 0 Å². The molecule has 1 aromatic rings. The molecule has 0 radical (unpaired) electrons. The van der Waals surface area contributed by atoms with Crippen molar-refractivity contribution < 1.29 is 0 Å². The molecule has 0 aliphatic carbocycles. The van der Waals surface area contributed by atoms with Crippen LogP contribution in [-0.2, 0) is 11.5 Å². The minimum atomic E-state index is 0.420. The highest BCUT2D eigenvalue weighted by molar-refractivity contribution is 7.98. The van der Waals surface area contributed by atoms with Crippen molar-refractivity contribution in [3.8, 4) is 0 Å². The molecule has 0 fully saturated rings. The lowest BCUT2D eigenvalue weighted by Gasteiger charge is -2.10. The van der Waals surface area contributed by atoms with Gasteiger partial charge >= 0.3 is 0 Å². The summed E-state index contributed by atoms with van der Waals surface area (Å²) in [5, 5.41) is 5.38. The Bertz CT molecular complexity index is 322. The molecule has 1 aliphatic heterocycles. The van der Waals surface area contributed by atoms with Crippen LogP contribution in [0, 0.1) is 0 Å². The summed E-state index contributed by atoms with van der Waals surface area (Å²) in [6.07, 6.45) is 1.08. The van der Waals surface area contributed by atoms with Gasteiger partial charge in [-0.3, -0.25) is 4.68 Å². The molecule has 2 heterocycles. The van der Waals surface area contributed by atoms with E-state index in [4.69, 9.17) is 11.6 Å². The third kappa shape index (κ3) is 1.48. The van der Waals surface area contributed by atoms with Crippen LogP contribution < -0.4 is 0 Å². The lowest BCUT2D eigenvalue weighted by Crippen LogP contribution is -2.06. The van der Waals surface area contributed by atoms with E-state index in [9.17, 15) is 0 Å². The zero-order chi connectivity index (χ0) is 9.42. The van der Waals surface area contributed by atoms with Gasteiger partial charge in [-0.15, -0.1) is 0 Å². The van der Waals surface area contributed by atoms with E-state index in [-0.39, 0.29) is 0 Å². The summed E-state index contributed by atoms with van der Waals surface area (Å²) in [6, 6.07) is 0.420. The van der Waals surface area contributed by atoms with E-state index >= 15 is 0 Å². The third-order valence-electron chi connectivity index (χ3n) is 2.52. The van der Waals surface area contributed by atoms with Crippen LogP contribution in [0.3, 0.4) is 0 Å². The summed E-state index contributed by atoms with van der Waals surface area (Å²) < 4.78 is 1.96. The normalized spacial score (nSPS) is 17.5. The Morgan fingerprint density at radius 3 is 3.00 bits per heavy atom. The van der Waals surface area contributed by atoms with Gasteiger partial charge in [0, 0.05) is 17.1 Å². The highest BCUT2D eigenvalue weighted by Crippen LogP contribution is 2.35. The van der Waals surface area contributed by atoms with E-state index in [1.54, 1.807) is 0 Å². The van der Waals surface area contributed by atoms with Gasteiger partial charge in [0.2, 0.25) is 0 Å². The molecule has 1 aromatic heterocycles. The number of rotatable bonds is 2. The average molecular weight is 217 g/mol. The SMILES string of the molecule is CCC(C)n1nc2c(c1Cl)CSC2. The molecule has 0 N–H and O–H groups in total. The van der Waals surface area contributed by atoms with Gasteiger partial charge in [0.1, 0.15) is 5.15 Å². The van der Waals surface area contributed by atoms with Crippen LogP contribution >= 0.6 is 23.4 Å². The van der Waals surface area contributed by atoms with Crippen molar-refractivity contribution in [1.82, 2.24) is 9.78 Å². The zero-order valence-corrected chi connectivity index (χ0v) is 9.45. The largest absolute Gasteiger partial charge is 0.251 e. The molecule has 1 atom stereocenters. The molecule has 2 rings (SSSR count). The molecule has 0 bridgehead atoms. The number of aromatic nitrogens is 2. The maximum absolute atomic E-state index is 6.23. The predicted octanol–water partition coefficient (Wildman–Crippen LogP) is 3.25. The highest BCUT2D eigenvalue weighted by atomic mass is 35.5. The first-order valence-electron chi connectivity index (χ1n) is 4.57. The lowest BCUT2D eigenvalue weighted by atomic mass is 10.2. The Labute approximate surface area is 87.6 Å². The van der Waals surface area contributed by atoms with Crippen molar-refractivity contribution in [1.29, 1.82) is 0 Å². The van der Waals surface area contributed by atoms with Crippen molar-refractivity contribution in [3.63, 3.8) is 0 Å². The molecule has 0 aromatic carbocycles. The van der Waals surface area contributed by atoms with Crippen LogP contribution in [0.15, 0.2) is 0 Å². The fourth-order valence-electron chi connectivity index (χ4n) is 1.47. The van der Waals surface area contributed by atoms with Crippen LogP contribution in [0.5, 0.6) is 0 Å². The number of thioether (sulfide) groups is 1. The second-order valence-corrected chi connectivity index (χ2v) is 4.75. The maximum Gasteiger partial charge on any atom is 0.131 e. The molecular formula is C9H13ClN2S. The van der Waals surface area contributed by atoms with E-state index in [0.717, 1.165) is 23.1 Å². The summed E-state index contributed by atoms with van der Waals surface area (Å²) in [7, 11) is 0. The summed E-state index contributed by atoms with van der Waals surface area (Å²) in [4.78, 5) is 0. The molecule has 2 nitrogen and oxygen atoms in total. The van der Waals surface area contributed by atoms with Crippen molar-refractivity contribution in [3.05, 3.63) is 16.4 Å². The summed E-state index contributed by atoms with van der Waals surface area (Å²) >= 11 is 8.12. The average Bonchev–Trinajstić information content (AvgIpc) is 2.68. The van der Waals surface area contributed by atoms with E-state index in [1.165, 1.54) is 11.3 Å². The molecule has 0 spiro atoms. The van der Waals surface area contributed by atoms with E-state index in [0.29, 0.717) is 6.04 Å². The number of halogens is 1. The Hall–Kier alpha value is -0.150. The van der Waals surface area contributed by atoms with E-state index < -0.39 is 0 Å². The van der Waals surface area contributed by atoms with Gasteiger partial charge in [-0.1, -0.05) is 18.5 Å². The molecule has 0 saturated heterocycles. The van der Waals surface area contributed by atoms with Crippen LogP contribution in [0.1, 0.15) is 37.6 Å². The second kappa shape index (κ2) is 3.54. The second-order valence-electron chi connectivity index (χ2n) is 3.41. The third-order valence-corrected chi connectivity index (χ3v) is 3.89. The topological polar surface area (TPSA) is 17.8 Å². The van der Waals surface area contributed by atoms with Gasteiger partial charge < -0.3 is 0 Å². The molecule has 0 saturated carbocycles. The smallest absolute Gasteiger partial charge is 0.131 e. The van der Waals surface area contributed by atoms with Crippen LogP contribution in [0.2, 0.25) is 5.15 Å². The fourth-order valence-corrected chi connectivity index (χ4v) is 2.96. The van der Waals surface area contributed by atoms with Gasteiger partial charge in [-0.05, 0) is 13.3 Å². The van der Waals surface area contributed by atoms with E-state index in [1.807, 2.05) is 16.4 Å². The number of nitrogens with zero attached hydrogens (tertiary/aromatic N) is 2. The van der Waals surface area contributed by atoms with Gasteiger partial charge in [-0.25, -0.2) is 0 Å². The fraction of sp³-hybridized carbons (Fsp3) is 0.667. The molecule has 72 valence electrons. The predicted molar refractivity (Wildman–Crippen MR) is 57.2 cm³/mol. The Morgan fingerprint density at radius 1 is 1.62 bits per heavy atom. The Balaban J connectivity index is 2.38. The quantitative estimate of drug-likeness (QED) is 0.756. The Morgan fingerprint density at radius 2 is 2.38 bits per heavy atom. The van der Waals surface area contributed by atoms with Gasteiger partial charge in [0.15, 0.2) is 0 Å². The van der Waals surface area contributed by atoms with Crippen molar-refractivity contribution >= 4 is 23.4 Å². The molecule has 13 heavy (non-hydrogen) atoms. The molecule has 1 unspecified atom stereocenters. The standard InChI is InChI=1S/C9H13ClN2S/c1-3-6(2)12-9(10)7-4-13-5-8(7)11-12/h6H,3-5H2,1-2H3. The van der Waals surface area contributed by atoms with Crippen molar-refractivity contribution in [2.75, 3.05) is 0 Å². The number of fused-ring (bicyclic) bond motifs is 1. The van der Waals surface area contributed by atoms with Gasteiger partial charge in [0.05, 0.1) is 11.7 Å². The minimum absolute atomic E-state index is 0.420. The lowest BCUT2D eigenvalue weighted by molar-refractivity contribution is 0.475. The van der Waals surface area contributed by atoms with Crippen LogP contribution in [0.25, 0.3) is 0 Å². The molecule has 0 amide bonds. The number of hydrogen-bond donors (Lipinski definition) is 0. The Kier molecular flexibility index (Phi) is 2.56. The van der Waals surface area contributed by atoms with Gasteiger partial charge in [0.25, 0.3) is 0 Å².